The summed E-state index contributed by atoms with van der Waals surface area (Å²) in [4.78, 5) is 28.1. The molecule has 7 nitrogen and oxygen atoms in total. The van der Waals surface area contributed by atoms with E-state index in [0.717, 1.165) is 4.31 Å². The maximum atomic E-state index is 13.8. The predicted molar refractivity (Wildman–Crippen MR) is 150 cm³/mol. The quantitative estimate of drug-likeness (QED) is 0.342. The lowest BCUT2D eigenvalue weighted by molar-refractivity contribution is -0.139. The van der Waals surface area contributed by atoms with Gasteiger partial charge in [-0.2, -0.15) is 0 Å². The Bertz CT molecular complexity index is 1350. The van der Waals surface area contributed by atoms with Crippen molar-refractivity contribution in [1.29, 1.82) is 0 Å². The molecule has 0 fully saturated rings. The zero-order chi connectivity index (χ0) is 27.2. The summed E-state index contributed by atoms with van der Waals surface area (Å²) in [6.45, 7) is 4.84. The third-order valence-corrected chi connectivity index (χ3v) is 8.06. The molecule has 0 heterocycles. The smallest absolute Gasteiger partial charge is 0.264 e. The zero-order valence-corrected chi connectivity index (χ0v) is 23.9. The van der Waals surface area contributed by atoms with Gasteiger partial charge in [0.15, 0.2) is 0 Å². The minimum Gasteiger partial charge on any atom is -0.352 e. The van der Waals surface area contributed by atoms with Crippen molar-refractivity contribution in [2.45, 2.75) is 44.3 Å². The van der Waals surface area contributed by atoms with Crippen molar-refractivity contribution in [2.75, 3.05) is 10.8 Å². The van der Waals surface area contributed by atoms with Crippen molar-refractivity contribution in [3.63, 3.8) is 0 Å². The second kappa shape index (κ2) is 12.6. The summed E-state index contributed by atoms with van der Waals surface area (Å²) in [7, 11) is -4.10. The highest BCUT2D eigenvalue weighted by atomic mass is 79.9. The van der Waals surface area contributed by atoms with E-state index in [1.807, 2.05) is 13.8 Å². The van der Waals surface area contributed by atoms with Crippen LogP contribution < -0.4 is 9.62 Å². The van der Waals surface area contributed by atoms with Gasteiger partial charge >= 0.3 is 0 Å². The van der Waals surface area contributed by atoms with Crippen LogP contribution >= 0.6 is 27.5 Å². The number of hydrogen-bond donors (Lipinski definition) is 1. The molecule has 0 aromatic heterocycles. The van der Waals surface area contributed by atoms with E-state index in [0.29, 0.717) is 20.7 Å². The van der Waals surface area contributed by atoms with Crippen LogP contribution in [0.1, 0.15) is 26.3 Å². The molecule has 0 aliphatic carbocycles. The molecule has 0 bridgehead atoms. The average Bonchev–Trinajstić information content (AvgIpc) is 2.85. The number of anilines is 1. The molecule has 2 amide bonds. The van der Waals surface area contributed by atoms with Gasteiger partial charge in [0, 0.05) is 22.1 Å². The van der Waals surface area contributed by atoms with Gasteiger partial charge in [0.1, 0.15) is 12.6 Å². The van der Waals surface area contributed by atoms with Crippen LogP contribution in [0, 0.1) is 0 Å². The molecule has 3 aromatic rings. The van der Waals surface area contributed by atoms with E-state index in [-0.39, 0.29) is 23.4 Å². The Morgan fingerprint density at radius 1 is 0.946 bits per heavy atom. The summed E-state index contributed by atoms with van der Waals surface area (Å²) < 4.78 is 29.1. The molecular formula is C27H29BrClN3O4S. The number of nitrogens with one attached hydrogen (secondary N) is 1. The molecule has 0 aliphatic heterocycles. The molecule has 0 radical (unpaired) electrons. The molecule has 0 aliphatic rings. The van der Waals surface area contributed by atoms with Gasteiger partial charge in [-0.05, 0) is 68.8 Å². The van der Waals surface area contributed by atoms with Crippen LogP contribution in [0.4, 0.5) is 5.69 Å². The Morgan fingerprint density at radius 3 is 2.24 bits per heavy atom. The Balaban J connectivity index is 2.02. The van der Waals surface area contributed by atoms with E-state index in [4.69, 9.17) is 11.6 Å². The maximum Gasteiger partial charge on any atom is 0.264 e. The summed E-state index contributed by atoms with van der Waals surface area (Å²) in [5.74, 6) is -0.879. The van der Waals surface area contributed by atoms with Crippen LogP contribution in [0.5, 0.6) is 0 Å². The third kappa shape index (κ3) is 7.56. The van der Waals surface area contributed by atoms with Gasteiger partial charge in [0.05, 0.1) is 10.6 Å². The molecule has 1 N–H and O–H groups in total. The van der Waals surface area contributed by atoms with E-state index in [2.05, 4.69) is 21.2 Å². The zero-order valence-electron chi connectivity index (χ0n) is 20.8. The highest BCUT2D eigenvalue weighted by molar-refractivity contribution is 9.10. The predicted octanol–water partition coefficient (Wildman–Crippen LogP) is 5.24. The molecule has 0 saturated heterocycles. The lowest BCUT2D eigenvalue weighted by Crippen LogP contribution is -2.52. The summed E-state index contributed by atoms with van der Waals surface area (Å²) in [6.07, 6.45) is 0. The van der Waals surface area contributed by atoms with Crippen molar-refractivity contribution >= 4 is 55.1 Å². The third-order valence-electron chi connectivity index (χ3n) is 5.55. The van der Waals surface area contributed by atoms with Gasteiger partial charge in [-0.3, -0.25) is 13.9 Å². The minimum atomic E-state index is -4.10. The molecule has 3 rings (SSSR count). The van der Waals surface area contributed by atoms with Gasteiger partial charge in [-0.25, -0.2) is 8.42 Å². The lowest BCUT2D eigenvalue weighted by atomic mass is 10.1. The van der Waals surface area contributed by atoms with Crippen molar-refractivity contribution in [1.82, 2.24) is 10.2 Å². The van der Waals surface area contributed by atoms with Gasteiger partial charge in [0.2, 0.25) is 11.8 Å². The fourth-order valence-corrected chi connectivity index (χ4v) is 5.73. The number of sulfonamides is 1. The van der Waals surface area contributed by atoms with Crippen molar-refractivity contribution < 1.29 is 18.0 Å². The van der Waals surface area contributed by atoms with Crippen LogP contribution in [0.15, 0.2) is 88.2 Å². The van der Waals surface area contributed by atoms with Crippen LogP contribution in [0.2, 0.25) is 5.02 Å². The van der Waals surface area contributed by atoms with Gasteiger partial charge in [-0.15, -0.1) is 0 Å². The van der Waals surface area contributed by atoms with Crippen molar-refractivity contribution in [2.24, 2.45) is 0 Å². The maximum absolute atomic E-state index is 13.8. The normalized spacial score (nSPS) is 12.2. The van der Waals surface area contributed by atoms with Crippen molar-refractivity contribution in [3.05, 3.63) is 93.9 Å². The Kier molecular flexibility index (Phi) is 9.75. The fraction of sp³-hybridized carbons (Fsp3) is 0.259. The molecule has 3 aromatic carbocycles. The number of hydrogen-bond acceptors (Lipinski definition) is 4. The SMILES string of the molecule is CC(C)NC(=O)[C@@H](C)N(Cc1cccc(Cl)c1)C(=O)CN(c1cccc(Br)c1)S(=O)(=O)c1ccccc1. The standard InChI is InChI=1S/C27H29BrClN3O4S/c1-19(2)30-27(34)20(3)31(17-21-9-7-11-23(29)15-21)26(33)18-32(24-12-8-10-22(28)16-24)37(35,36)25-13-5-4-6-14-25/h4-16,19-20H,17-18H2,1-3H3,(H,30,34)/t20-/m1/s1. The second-order valence-electron chi connectivity index (χ2n) is 8.80. The van der Waals surface area contributed by atoms with Gasteiger partial charge in [0.25, 0.3) is 10.0 Å². The lowest BCUT2D eigenvalue weighted by Gasteiger charge is -2.32. The second-order valence-corrected chi connectivity index (χ2v) is 12.0. The van der Waals surface area contributed by atoms with Crippen molar-refractivity contribution in [3.8, 4) is 0 Å². The number of benzene rings is 3. The molecule has 0 spiro atoms. The summed E-state index contributed by atoms with van der Waals surface area (Å²) in [5, 5.41) is 3.32. The largest absolute Gasteiger partial charge is 0.352 e. The minimum absolute atomic E-state index is 0.0507. The highest BCUT2D eigenvalue weighted by Crippen LogP contribution is 2.27. The first-order valence-corrected chi connectivity index (χ1v) is 14.3. The molecule has 1 atom stereocenters. The first-order chi connectivity index (χ1) is 17.5. The first-order valence-electron chi connectivity index (χ1n) is 11.7. The van der Waals surface area contributed by atoms with E-state index in [9.17, 15) is 18.0 Å². The number of halogens is 2. The average molecular weight is 607 g/mol. The molecule has 0 saturated carbocycles. The van der Waals surface area contributed by atoms with E-state index >= 15 is 0 Å². The van der Waals surface area contributed by atoms with Crippen LogP contribution in [-0.2, 0) is 26.2 Å². The Morgan fingerprint density at radius 2 is 1.62 bits per heavy atom. The number of nitrogens with zero attached hydrogens (tertiary/aromatic N) is 2. The Labute approximate surface area is 231 Å². The van der Waals surface area contributed by atoms with Gasteiger partial charge < -0.3 is 10.2 Å². The molecule has 196 valence electrons. The number of carbonyl (C=O) groups is 2. The van der Waals surface area contributed by atoms with E-state index < -0.39 is 28.5 Å². The highest BCUT2D eigenvalue weighted by Gasteiger charge is 2.32. The number of amides is 2. The fourth-order valence-electron chi connectivity index (χ4n) is 3.70. The summed E-state index contributed by atoms with van der Waals surface area (Å²) >= 11 is 9.53. The van der Waals surface area contributed by atoms with E-state index in [1.54, 1.807) is 73.7 Å². The van der Waals surface area contributed by atoms with E-state index in [1.165, 1.54) is 17.0 Å². The van der Waals surface area contributed by atoms with Crippen LogP contribution in [0.3, 0.4) is 0 Å². The first kappa shape index (κ1) is 28.7. The Hall–Kier alpha value is -2.88. The monoisotopic (exact) mass is 605 g/mol. The molecular weight excluding hydrogens is 578 g/mol. The van der Waals surface area contributed by atoms with Gasteiger partial charge in [-0.1, -0.05) is 63.9 Å². The molecule has 37 heavy (non-hydrogen) atoms. The van der Waals surface area contributed by atoms with Crippen LogP contribution in [0.25, 0.3) is 0 Å². The topological polar surface area (TPSA) is 86.8 Å². The summed E-state index contributed by atoms with van der Waals surface area (Å²) in [5.41, 5.74) is 1.03. The van der Waals surface area contributed by atoms with Crippen LogP contribution in [-0.4, -0.2) is 43.8 Å². The molecule has 0 unspecified atom stereocenters. The number of carbonyl (C=O) groups excluding carboxylic acids is 2. The summed E-state index contributed by atoms with van der Waals surface area (Å²) in [6, 6.07) is 20.6. The molecule has 10 heteroatoms. The number of rotatable bonds is 10.